The molecular formula is C33H40N4O8S. The van der Waals surface area contributed by atoms with Gasteiger partial charge in [0.2, 0.25) is 0 Å². The maximum absolute atomic E-state index is 14.4. The van der Waals surface area contributed by atoms with Crippen LogP contribution in [0.4, 0.5) is 4.79 Å². The van der Waals surface area contributed by atoms with E-state index >= 15 is 0 Å². The van der Waals surface area contributed by atoms with Crippen molar-refractivity contribution in [3.8, 4) is 0 Å². The maximum atomic E-state index is 14.4. The summed E-state index contributed by atoms with van der Waals surface area (Å²) < 4.78 is 61.1. The van der Waals surface area contributed by atoms with Gasteiger partial charge < -0.3 is 23.7 Å². The highest BCUT2D eigenvalue weighted by Gasteiger charge is 2.55. The van der Waals surface area contributed by atoms with Crippen molar-refractivity contribution in [3.63, 3.8) is 0 Å². The molecule has 2 fully saturated rings. The Morgan fingerprint density at radius 1 is 1.04 bits per heavy atom. The Morgan fingerprint density at radius 2 is 1.74 bits per heavy atom. The summed E-state index contributed by atoms with van der Waals surface area (Å²) in [6.45, 7) is 11.2. The number of methoxy groups -OCH3 is 1. The second kappa shape index (κ2) is 11.9. The van der Waals surface area contributed by atoms with Crippen LogP contribution >= 0.6 is 0 Å². The van der Waals surface area contributed by atoms with Gasteiger partial charge in [0.1, 0.15) is 23.9 Å². The fourth-order valence-corrected chi connectivity index (χ4v) is 7.83. The molecule has 246 valence electrons. The molecule has 0 saturated carbocycles. The quantitative estimate of drug-likeness (QED) is 0.257. The summed E-state index contributed by atoms with van der Waals surface area (Å²) in [6.07, 6.45) is 0.902. The molecule has 13 heteroatoms. The monoisotopic (exact) mass is 652 g/mol. The molecule has 5 atom stereocenters. The third-order valence-corrected chi connectivity index (χ3v) is 10.2. The summed E-state index contributed by atoms with van der Waals surface area (Å²) in [6, 6.07) is 13.9. The van der Waals surface area contributed by atoms with Crippen LogP contribution in [0.15, 0.2) is 65.8 Å². The maximum Gasteiger partial charge on any atom is 0.419 e. The molecule has 1 unspecified atom stereocenters. The lowest BCUT2D eigenvalue weighted by molar-refractivity contribution is -0.228. The summed E-state index contributed by atoms with van der Waals surface area (Å²) in [5.74, 6) is -0.780. The molecule has 0 bridgehead atoms. The molecule has 2 aliphatic heterocycles. The summed E-state index contributed by atoms with van der Waals surface area (Å²) in [5.41, 5.74) is 1.65. The van der Waals surface area contributed by atoms with E-state index in [-0.39, 0.29) is 23.5 Å². The Kier molecular flexibility index (Phi) is 8.34. The Balaban J connectivity index is 1.35. The molecular weight excluding hydrogens is 612 g/mol. The number of ether oxygens (including phenoxy) is 5. The number of para-hydroxylation sites is 1. The lowest BCUT2D eigenvalue weighted by Crippen LogP contribution is -2.33. The van der Waals surface area contributed by atoms with Crippen LogP contribution < -0.4 is 0 Å². The van der Waals surface area contributed by atoms with Gasteiger partial charge in [0, 0.05) is 31.3 Å². The number of carbonyl (C=O) groups excluding carboxylic acids is 1. The number of rotatable bonds is 8. The van der Waals surface area contributed by atoms with E-state index in [1.165, 1.54) is 4.57 Å². The van der Waals surface area contributed by atoms with Gasteiger partial charge in [-0.25, -0.2) is 17.9 Å². The highest BCUT2D eigenvalue weighted by molar-refractivity contribution is 7.91. The number of benzene rings is 2. The molecule has 6 rings (SSSR count). The Morgan fingerprint density at radius 3 is 2.43 bits per heavy atom. The van der Waals surface area contributed by atoms with Gasteiger partial charge >= 0.3 is 6.09 Å². The number of aromatic nitrogens is 4. The first-order chi connectivity index (χ1) is 21.6. The number of carbonyl (C=O) groups is 1. The van der Waals surface area contributed by atoms with Gasteiger partial charge in [-0.3, -0.25) is 4.57 Å². The number of sulfone groups is 1. The van der Waals surface area contributed by atoms with Crippen LogP contribution in [0.5, 0.6) is 0 Å². The molecule has 4 heterocycles. The topological polar surface area (TPSA) is 133 Å². The highest BCUT2D eigenvalue weighted by Crippen LogP contribution is 2.40. The van der Waals surface area contributed by atoms with E-state index in [4.69, 9.17) is 23.7 Å². The minimum atomic E-state index is -3.98. The van der Waals surface area contributed by atoms with Crippen molar-refractivity contribution in [1.82, 2.24) is 19.6 Å². The van der Waals surface area contributed by atoms with Crippen LogP contribution in [0.2, 0.25) is 0 Å². The normalized spacial score (nSPS) is 23.5. The molecule has 4 aromatic rings. The molecule has 0 radical (unpaired) electrons. The van der Waals surface area contributed by atoms with E-state index < -0.39 is 45.0 Å². The number of hydrogen-bond acceptors (Lipinski definition) is 10. The molecule has 2 saturated heterocycles. The number of nitrogens with zero attached hydrogens (tertiary/aromatic N) is 4. The number of fused-ring (bicyclic) bond motifs is 2. The molecule has 46 heavy (non-hydrogen) atoms. The van der Waals surface area contributed by atoms with Gasteiger partial charge in [-0.2, -0.15) is 0 Å². The lowest BCUT2D eigenvalue weighted by Gasteiger charge is -2.23. The van der Waals surface area contributed by atoms with Crippen LogP contribution in [0.25, 0.3) is 10.9 Å². The third kappa shape index (κ3) is 6.34. The molecule has 12 nitrogen and oxygen atoms in total. The van der Waals surface area contributed by atoms with Crippen molar-refractivity contribution in [1.29, 1.82) is 0 Å². The zero-order valence-electron chi connectivity index (χ0n) is 27.0. The van der Waals surface area contributed by atoms with Crippen molar-refractivity contribution in [2.45, 2.75) is 101 Å². The highest BCUT2D eigenvalue weighted by atomic mass is 32.2. The second-order valence-corrected chi connectivity index (χ2v) is 15.4. The molecule has 2 aliphatic rings. The van der Waals surface area contributed by atoms with E-state index in [2.05, 4.69) is 10.3 Å². The van der Waals surface area contributed by atoms with Crippen molar-refractivity contribution in [2.75, 3.05) is 7.11 Å². The van der Waals surface area contributed by atoms with Gasteiger partial charge in [-0.15, -0.1) is 5.10 Å². The smallest absolute Gasteiger partial charge is 0.419 e. The molecule has 0 amide bonds. The summed E-state index contributed by atoms with van der Waals surface area (Å²) in [4.78, 5) is 13.5. The van der Waals surface area contributed by atoms with Crippen LogP contribution in [-0.4, -0.2) is 77.2 Å². The zero-order valence-corrected chi connectivity index (χ0v) is 27.9. The van der Waals surface area contributed by atoms with Gasteiger partial charge in [-0.1, -0.05) is 41.1 Å². The Labute approximate surface area is 268 Å². The predicted octanol–water partition coefficient (Wildman–Crippen LogP) is 4.97. The van der Waals surface area contributed by atoms with Crippen LogP contribution in [-0.2, 0) is 46.5 Å². The van der Waals surface area contributed by atoms with E-state index in [0.717, 1.165) is 5.56 Å². The van der Waals surface area contributed by atoms with Crippen molar-refractivity contribution < 1.29 is 36.9 Å². The minimum Gasteiger partial charge on any atom is -0.443 e. The van der Waals surface area contributed by atoms with E-state index in [0.29, 0.717) is 28.7 Å². The average molecular weight is 653 g/mol. The second-order valence-electron chi connectivity index (χ2n) is 13.3. The van der Waals surface area contributed by atoms with Gasteiger partial charge in [0.05, 0.1) is 27.9 Å². The van der Waals surface area contributed by atoms with Crippen LogP contribution in [0, 0.1) is 6.92 Å². The zero-order chi connectivity index (χ0) is 33.0. The summed E-state index contributed by atoms with van der Waals surface area (Å²) in [5, 5.41) is 8.20. The number of aryl methyl sites for hydroxylation is 1. The van der Waals surface area contributed by atoms with Gasteiger partial charge in [-0.05, 0) is 65.3 Å². The molecule has 0 spiro atoms. The average Bonchev–Trinajstić information content (AvgIpc) is 3.73. The Hall–Kier alpha value is -3.62. The van der Waals surface area contributed by atoms with Crippen LogP contribution in [0.3, 0.4) is 0 Å². The lowest BCUT2D eigenvalue weighted by atomic mass is 10.1. The summed E-state index contributed by atoms with van der Waals surface area (Å²) in [7, 11) is -2.42. The first-order valence-corrected chi connectivity index (χ1v) is 16.8. The Bertz CT molecular complexity index is 1840. The minimum absolute atomic E-state index is 0.00342. The van der Waals surface area contributed by atoms with Crippen molar-refractivity contribution in [2.24, 2.45) is 0 Å². The third-order valence-electron chi connectivity index (χ3n) is 8.09. The molecule has 2 aromatic heterocycles. The van der Waals surface area contributed by atoms with Gasteiger partial charge in [0.25, 0.3) is 0 Å². The fourth-order valence-electron chi connectivity index (χ4n) is 6.08. The molecule has 0 aliphatic carbocycles. The predicted molar refractivity (Wildman–Crippen MR) is 168 cm³/mol. The first kappa shape index (κ1) is 32.3. The van der Waals surface area contributed by atoms with Crippen LogP contribution in [0.1, 0.15) is 56.7 Å². The molecule has 2 aromatic carbocycles. The van der Waals surface area contributed by atoms with Crippen molar-refractivity contribution in [3.05, 3.63) is 77.7 Å². The molecule has 0 N–H and O–H groups in total. The van der Waals surface area contributed by atoms with E-state index in [9.17, 15) is 13.2 Å². The van der Waals surface area contributed by atoms with E-state index in [1.807, 2.05) is 32.9 Å². The van der Waals surface area contributed by atoms with Gasteiger partial charge in [0.15, 0.2) is 21.9 Å². The number of hydrogen-bond donors (Lipinski definition) is 0. The largest absolute Gasteiger partial charge is 0.443 e. The summed E-state index contributed by atoms with van der Waals surface area (Å²) >= 11 is 0. The fraction of sp³-hybridized carbons (Fsp3) is 0.485. The first-order valence-electron chi connectivity index (χ1n) is 15.2. The standard InChI is InChI=1S/C33H40N4O8S/c1-20-12-14-22(15-13-20)46(39,40)27(24-18-37(31(38)45-32(2,3)4)25-11-9-8-10-23(24)25)16-21-17-36(35-34-21)19-26-28-29(30(41-7)42-26)44-33(5,6)43-28/h8-15,17-18,26-30H,16,19H2,1-7H3/t26-,27?,28-,29-,30-/m1/s1. The van der Waals surface area contributed by atoms with E-state index in [1.54, 1.807) is 81.4 Å². The van der Waals surface area contributed by atoms with Crippen molar-refractivity contribution >= 4 is 26.8 Å². The SMILES string of the molecule is CO[C@@H]1O[C@H](Cn2cc(CC(c3cn(C(=O)OC(C)(C)C)c4ccccc34)S(=O)(=O)c3ccc(C)cc3)nn2)[C@H]2OC(C)(C)O[C@@H]12.